The lowest BCUT2D eigenvalue weighted by molar-refractivity contribution is 0.261. The Hall–Kier alpha value is -2.60. The van der Waals surface area contributed by atoms with Crippen LogP contribution in [0.4, 0.5) is 27.3 Å². The molecule has 0 amide bonds. The molecule has 0 aliphatic carbocycles. The van der Waals surface area contributed by atoms with Crippen molar-refractivity contribution in [2.24, 2.45) is 5.92 Å². The summed E-state index contributed by atoms with van der Waals surface area (Å²) in [6.45, 7) is 5.56. The molecule has 1 aromatic carbocycles. The van der Waals surface area contributed by atoms with E-state index in [1.807, 2.05) is 17.9 Å². The topological polar surface area (TPSA) is 51.6 Å². The van der Waals surface area contributed by atoms with Crippen LogP contribution in [0.25, 0.3) is 6.08 Å². The van der Waals surface area contributed by atoms with E-state index in [-0.39, 0.29) is 5.83 Å². The molecule has 2 aliphatic heterocycles. The summed E-state index contributed by atoms with van der Waals surface area (Å²) in [6, 6.07) is 10.5. The third-order valence-corrected chi connectivity index (χ3v) is 6.18. The number of benzene rings is 1. The van der Waals surface area contributed by atoms with Gasteiger partial charge in [0.25, 0.3) is 0 Å². The molecule has 6 heteroatoms. The number of hydrogen-bond acceptors (Lipinski definition) is 5. The second-order valence-electron chi connectivity index (χ2n) is 8.20. The maximum atomic E-state index is 13.8. The molecule has 2 N–H and O–H groups in total. The normalized spacial score (nSPS) is 17.0. The molecule has 30 heavy (non-hydrogen) atoms. The van der Waals surface area contributed by atoms with Crippen molar-refractivity contribution in [3.05, 3.63) is 47.9 Å². The van der Waals surface area contributed by atoms with Gasteiger partial charge in [-0.3, -0.25) is 0 Å². The molecule has 0 unspecified atom stereocenters. The van der Waals surface area contributed by atoms with Crippen molar-refractivity contribution in [2.45, 2.75) is 32.6 Å². The summed E-state index contributed by atoms with van der Waals surface area (Å²) in [5.74, 6) is 1.38. The fraction of sp³-hybridized carbons (Fsp3) is 0.458. The van der Waals surface area contributed by atoms with Crippen molar-refractivity contribution < 1.29 is 9.50 Å². The van der Waals surface area contributed by atoms with Crippen LogP contribution in [0.1, 0.15) is 38.2 Å². The first-order valence-corrected chi connectivity index (χ1v) is 11.0. The standard InChI is InChI=1S/C24H31FN4O/c1-2-28-17-20(25)14-19-16-26-24(15-23(19)28)27-21-5-7-22(8-6-21)29-11-9-18(10-12-29)4-3-13-30/h5-8,14-16,18,30H,2-4,9-13,17H2,1H3,(H,26,27). The van der Waals surface area contributed by atoms with Gasteiger partial charge in [-0.1, -0.05) is 0 Å². The zero-order valence-electron chi connectivity index (χ0n) is 17.6. The van der Waals surface area contributed by atoms with Crippen molar-refractivity contribution in [3.8, 4) is 0 Å². The van der Waals surface area contributed by atoms with Crippen molar-refractivity contribution in [2.75, 3.05) is 47.9 Å². The zero-order valence-corrected chi connectivity index (χ0v) is 17.6. The van der Waals surface area contributed by atoms with E-state index in [9.17, 15) is 4.39 Å². The minimum Gasteiger partial charge on any atom is -0.396 e. The summed E-state index contributed by atoms with van der Waals surface area (Å²) in [6.07, 6.45) is 7.75. The van der Waals surface area contributed by atoms with Crippen LogP contribution < -0.4 is 15.1 Å². The number of hydrogen-bond donors (Lipinski definition) is 2. The number of halogens is 1. The Labute approximate surface area is 178 Å². The van der Waals surface area contributed by atoms with Crippen LogP contribution in [-0.4, -0.2) is 42.9 Å². The molecule has 3 heterocycles. The third-order valence-electron chi connectivity index (χ3n) is 6.18. The molecule has 5 nitrogen and oxygen atoms in total. The van der Waals surface area contributed by atoms with Crippen LogP contribution in [0, 0.1) is 5.92 Å². The van der Waals surface area contributed by atoms with E-state index in [2.05, 4.69) is 39.5 Å². The van der Waals surface area contributed by atoms with Crippen molar-refractivity contribution in [1.82, 2.24) is 4.98 Å². The lowest BCUT2D eigenvalue weighted by Gasteiger charge is -2.33. The Morgan fingerprint density at radius 1 is 1.20 bits per heavy atom. The molecular formula is C24H31FN4O. The molecule has 0 spiro atoms. The number of aromatic nitrogens is 1. The molecule has 1 aromatic heterocycles. The molecule has 0 saturated carbocycles. The second-order valence-corrected chi connectivity index (χ2v) is 8.20. The first kappa shape index (κ1) is 20.7. The van der Waals surface area contributed by atoms with Gasteiger partial charge in [0, 0.05) is 61.1 Å². The Bertz CT molecular complexity index is 875. The van der Waals surface area contributed by atoms with Gasteiger partial charge >= 0.3 is 0 Å². The summed E-state index contributed by atoms with van der Waals surface area (Å²) in [4.78, 5) is 8.92. The highest BCUT2D eigenvalue weighted by molar-refractivity contribution is 5.75. The predicted molar refractivity (Wildman–Crippen MR) is 122 cm³/mol. The third kappa shape index (κ3) is 4.75. The summed E-state index contributed by atoms with van der Waals surface area (Å²) in [7, 11) is 0. The molecule has 2 aromatic rings. The number of nitrogens with zero attached hydrogens (tertiary/aromatic N) is 3. The van der Waals surface area contributed by atoms with Crippen molar-refractivity contribution >= 4 is 29.0 Å². The lowest BCUT2D eigenvalue weighted by atomic mass is 9.92. The number of anilines is 4. The number of aliphatic hydroxyl groups is 1. The second kappa shape index (κ2) is 9.47. The van der Waals surface area contributed by atoms with E-state index < -0.39 is 0 Å². The van der Waals surface area contributed by atoms with Crippen LogP contribution in [-0.2, 0) is 0 Å². The zero-order chi connectivity index (χ0) is 20.9. The number of rotatable bonds is 7. The van der Waals surface area contributed by atoms with E-state index in [1.165, 1.54) is 18.5 Å². The average molecular weight is 411 g/mol. The fourth-order valence-corrected chi connectivity index (χ4v) is 4.44. The maximum Gasteiger partial charge on any atom is 0.132 e. The molecule has 2 aliphatic rings. The maximum absolute atomic E-state index is 13.8. The van der Waals surface area contributed by atoms with Gasteiger partial charge in [0.2, 0.25) is 0 Å². The first-order valence-electron chi connectivity index (χ1n) is 11.0. The highest BCUT2D eigenvalue weighted by atomic mass is 19.1. The van der Waals surface area contributed by atoms with E-state index >= 15 is 0 Å². The molecule has 160 valence electrons. The van der Waals surface area contributed by atoms with Gasteiger partial charge in [-0.2, -0.15) is 0 Å². The highest BCUT2D eigenvalue weighted by Gasteiger charge is 2.20. The van der Waals surface area contributed by atoms with Gasteiger partial charge in [-0.05, 0) is 68.9 Å². The summed E-state index contributed by atoms with van der Waals surface area (Å²) < 4.78 is 13.8. The van der Waals surface area contributed by atoms with Gasteiger partial charge in [-0.15, -0.1) is 0 Å². The van der Waals surface area contributed by atoms with Crippen LogP contribution in [0.15, 0.2) is 42.4 Å². The number of fused-ring (bicyclic) bond motifs is 1. The minimum atomic E-state index is -0.125. The van der Waals surface area contributed by atoms with Crippen LogP contribution >= 0.6 is 0 Å². The van der Waals surface area contributed by atoms with Gasteiger partial charge in [0.1, 0.15) is 11.6 Å². The summed E-state index contributed by atoms with van der Waals surface area (Å²) in [5.41, 5.74) is 4.07. The number of likely N-dealkylation sites (N-methyl/N-ethyl adjacent to an activating group) is 1. The van der Waals surface area contributed by atoms with E-state index in [0.29, 0.717) is 13.2 Å². The Morgan fingerprint density at radius 2 is 1.97 bits per heavy atom. The Morgan fingerprint density at radius 3 is 2.67 bits per heavy atom. The van der Waals surface area contributed by atoms with Crippen molar-refractivity contribution in [1.29, 1.82) is 0 Å². The quantitative estimate of drug-likeness (QED) is 0.675. The van der Waals surface area contributed by atoms with Gasteiger partial charge in [-0.25, -0.2) is 9.37 Å². The number of aliphatic hydroxyl groups excluding tert-OH is 1. The monoisotopic (exact) mass is 410 g/mol. The molecule has 4 rings (SSSR count). The summed E-state index contributed by atoms with van der Waals surface area (Å²) in [5, 5.41) is 12.4. The Kier molecular flexibility index (Phi) is 6.53. The molecule has 1 saturated heterocycles. The molecule has 0 atom stereocenters. The largest absolute Gasteiger partial charge is 0.396 e. The molecule has 0 radical (unpaired) electrons. The van der Waals surface area contributed by atoms with Crippen molar-refractivity contribution in [3.63, 3.8) is 0 Å². The van der Waals surface area contributed by atoms with Crippen LogP contribution in [0.3, 0.4) is 0 Å². The number of pyridine rings is 1. The predicted octanol–water partition coefficient (Wildman–Crippen LogP) is 4.96. The van der Waals surface area contributed by atoms with E-state index in [0.717, 1.165) is 61.1 Å². The number of piperidine rings is 1. The molecular weight excluding hydrogens is 379 g/mol. The Balaban J connectivity index is 1.39. The van der Waals surface area contributed by atoms with Crippen LogP contribution in [0.5, 0.6) is 0 Å². The fourth-order valence-electron chi connectivity index (χ4n) is 4.44. The minimum absolute atomic E-state index is 0.125. The van der Waals surface area contributed by atoms with E-state index in [4.69, 9.17) is 5.11 Å². The average Bonchev–Trinajstić information content (AvgIpc) is 2.78. The molecule has 1 fully saturated rings. The van der Waals surface area contributed by atoms with Gasteiger partial charge in [0.05, 0.1) is 6.54 Å². The van der Waals surface area contributed by atoms with Gasteiger partial charge < -0.3 is 20.2 Å². The van der Waals surface area contributed by atoms with Gasteiger partial charge in [0.15, 0.2) is 0 Å². The lowest BCUT2D eigenvalue weighted by Crippen LogP contribution is -2.33. The highest BCUT2D eigenvalue weighted by Crippen LogP contribution is 2.32. The smallest absolute Gasteiger partial charge is 0.132 e. The first-order chi connectivity index (χ1) is 14.7. The van der Waals surface area contributed by atoms with E-state index in [1.54, 1.807) is 12.3 Å². The summed E-state index contributed by atoms with van der Waals surface area (Å²) >= 11 is 0. The number of nitrogens with one attached hydrogen (secondary N) is 1. The SMILES string of the molecule is CCN1CC(F)=Cc2cnc(Nc3ccc(N4CCC(CCCO)CC4)cc3)cc21. The van der Waals surface area contributed by atoms with Crippen LogP contribution in [0.2, 0.25) is 0 Å². The molecule has 0 bridgehead atoms.